The lowest BCUT2D eigenvalue weighted by Gasteiger charge is -2.17. The van der Waals surface area contributed by atoms with Crippen molar-refractivity contribution in [1.29, 1.82) is 0 Å². The summed E-state index contributed by atoms with van der Waals surface area (Å²) in [5, 5.41) is 6.80. The summed E-state index contributed by atoms with van der Waals surface area (Å²) in [6.45, 7) is 2.96. The summed E-state index contributed by atoms with van der Waals surface area (Å²) in [5.41, 5.74) is 1.52. The van der Waals surface area contributed by atoms with E-state index in [9.17, 15) is 4.79 Å². The molecule has 2 rings (SSSR count). The molecule has 2 N–H and O–H groups in total. The van der Waals surface area contributed by atoms with Crippen LogP contribution in [-0.4, -0.2) is 22.3 Å². The normalized spacial score (nSPS) is 14.9. The second-order valence-electron chi connectivity index (χ2n) is 4.78. The molecule has 0 radical (unpaired) electrons. The first-order chi connectivity index (χ1) is 9.70. The molecule has 0 aromatic carbocycles. The molecule has 0 amide bonds. The van der Waals surface area contributed by atoms with Crippen molar-refractivity contribution in [2.24, 2.45) is 0 Å². The van der Waals surface area contributed by atoms with E-state index in [2.05, 4.69) is 27.5 Å². The van der Waals surface area contributed by atoms with Crippen molar-refractivity contribution in [1.82, 2.24) is 9.97 Å². The van der Waals surface area contributed by atoms with Crippen LogP contribution in [0.15, 0.2) is 18.1 Å². The van der Waals surface area contributed by atoms with Crippen molar-refractivity contribution in [3.8, 4) is 0 Å². The number of rotatable bonds is 6. The van der Waals surface area contributed by atoms with Crippen LogP contribution >= 0.6 is 11.6 Å². The van der Waals surface area contributed by atoms with Gasteiger partial charge in [0.1, 0.15) is 12.0 Å². The van der Waals surface area contributed by atoms with Gasteiger partial charge in [0.25, 0.3) is 0 Å². The number of hydrogen-bond acceptors (Lipinski definition) is 5. The molecule has 0 fully saturated rings. The summed E-state index contributed by atoms with van der Waals surface area (Å²) in [6, 6.07) is 0. The predicted octanol–water partition coefficient (Wildman–Crippen LogP) is 3.39. The summed E-state index contributed by atoms with van der Waals surface area (Å²) < 4.78 is 0. The van der Waals surface area contributed by atoms with E-state index in [0.29, 0.717) is 23.1 Å². The van der Waals surface area contributed by atoms with Crippen molar-refractivity contribution in [3.05, 3.63) is 23.3 Å². The second-order valence-corrected chi connectivity index (χ2v) is 5.14. The average molecular weight is 295 g/mol. The molecule has 6 heteroatoms. The molecule has 5 nitrogen and oxygen atoms in total. The molecule has 1 aliphatic carbocycles. The molecule has 1 aromatic heterocycles. The van der Waals surface area contributed by atoms with Crippen molar-refractivity contribution < 1.29 is 4.79 Å². The Morgan fingerprint density at radius 1 is 1.35 bits per heavy atom. The Hall–Kier alpha value is -1.62. The van der Waals surface area contributed by atoms with Gasteiger partial charge in [-0.3, -0.25) is 4.79 Å². The number of hydrogen-bond donors (Lipinski definition) is 2. The van der Waals surface area contributed by atoms with Gasteiger partial charge < -0.3 is 10.6 Å². The monoisotopic (exact) mass is 294 g/mol. The lowest BCUT2D eigenvalue weighted by Crippen LogP contribution is -2.12. The summed E-state index contributed by atoms with van der Waals surface area (Å²) >= 11 is 6.13. The van der Waals surface area contributed by atoms with Crippen molar-refractivity contribution in [3.63, 3.8) is 0 Å². The Morgan fingerprint density at radius 2 is 2.20 bits per heavy atom. The number of halogens is 1. The third kappa shape index (κ3) is 3.93. The van der Waals surface area contributed by atoms with Gasteiger partial charge in [-0.05, 0) is 19.3 Å². The standard InChI is InChI=1S/C14H19ClN4O/c1-2-3-7-16-14-12(13(15)17-9-18-14)19-10-5-4-6-11(20)8-10/h8-9,19H,2-7H2,1H3,(H,16,17,18). The molecule has 0 atom stereocenters. The van der Waals surface area contributed by atoms with E-state index in [1.807, 2.05) is 0 Å². The van der Waals surface area contributed by atoms with Crippen molar-refractivity contribution in [2.75, 3.05) is 17.2 Å². The molecule has 20 heavy (non-hydrogen) atoms. The van der Waals surface area contributed by atoms with Gasteiger partial charge >= 0.3 is 0 Å². The van der Waals surface area contributed by atoms with Gasteiger partial charge in [0.15, 0.2) is 16.8 Å². The number of anilines is 2. The van der Waals surface area contributed by atoms with Gasteiger partial charge in [-0.25, -0.2) is 9.97 Å². The maximum atomic E-state index is 11.4. The van der Waals surface area contributed by atoms with Crippen molar-refractivity contribution >= 4 is 28.9 Å². The predicted molar refractivity (Wildman–Crippen MR) is 81.0 cm³/mol. The van der Waals surface area contributed by atoms with Gasteiger partial charge in [-0.2, -0.15) is 0 Å². The highest BCUT2D eigenvalue weighted by atomic mass is 35.5. The highest BCUT2D eigenvalue weighted by molar-refractivity contribution is 6.32. The SMILES string of the molecule is CCCCNc1ncnc(Cl)c1NC1=CC(=O)CCC1. The Morgan fingerprint density at radius 3 is 2.95 bits per heavy atom. The minimum atomic E-state index is 0.146. The molecular formula is C14H19ClN4O. The first-order valence-corrected chi connectivity index (χ1v) is 7.33. The Kier molecular flexibility index (Phi) is 5.35. The average Bonchev–Trinajstić information content (AvgIpc) is 2.43. The molecule has 0 saturated heterocycles. The molecule has 108 valence electrons. The minimum absolute atomic E-state index is 0.146. The van der Waals surface area contributed by atoms with E-state index in [0.717, 1.165) is 37.9 Å². The molecule has 1 aliphatic rings. The highest BCUT2D eigenvalue weighted by Crippen LogP contribution is 2.29. The molecule has 0 spiro atoms. The van der Waals surface area contributed by atoms with Gasteiger partial charge in [0.2, 0.25) is 0 Å². The summed E-state index contributed by atoms with van der Waals surface area (Å²) in [7, 11) is 0. The van der Waals surface area contributed by atoms with E-state index >= 15 is 0 Å². The molecule has 1 heterocycles. The first-order valence-electron chi connectivity index (χ1n) is 6.95. The topological polar surface area (TPSA) is 66.9 Å². The van der Waals surface area contributed by atoms with Crippen LogP contribution in [0.5, 0.6) is 0 Å². The number of nitrogens with zero attached hydrogens (tertiary/aromatic N) is 2. The number of unbranched alkanes of at least 4 members (excludes halogenated alkanes) is 1. The smallest absolute Gasteiger partial charge is 0.158 e. The number of aromatic nitrogens is 2. The fourth-order valence-electron chi connectivity index (χ4n) is 2.04. The van der Waals surface area contributed by atoms with Gasteiger partial charge in [0.05, 0.1) is 0 Å². The lowest BCUT2D eigenvalue weighted by molar-refractivity contribution is -0.115. The van der Waals surface area contributed by atoms with Crippen LogP contribution in [-0.2, 0) is 4.79 Å². The number of carbonyl (C=O) groups is 1. The number of ketones is 1. The van der Waals surface area contributed by atoms with E-state index in [1.54, 1.807) is 6.08 Å². The Balaban J connectivity index is 2.14. The Labute approximate surface area is 123 Å². The zero-order chi connectivity index (χ0) is 14.4. The number of carbonyl (C=O) groups excluding carboxylic acids is 1. The first kappa shape index (κ1) is 14.8. The van der Waals surface area contributed by atoms with Gasteiger partial charge in [-0.1, -0.05) is 24.9 Å². The van der Waals surface area contributed by atoms with Crippen LogP contribution in [0, 0.1) is 0 Å². The van der Waals surface area contributed by atoms with Crippen LogP contribution in [0.1, 0.15) is 39.0 Å². The highest BCUT2D eigenvalue weighted by Gasteiger charge is 2.14. The molecule has 0 aliphatic heterocycles. The van der Waals surface area contributed by atoms with Crippen LogP contribution in [0.4, 0.5) is 11.5 Å². The van der Waals surface area contributed by atoms with Crippen molar-refractivity contribution in [2.45, 2.75) is 39.0 Å². The van der Waals surface area contributed by atoms with Crippen LogP contribution in [0.2, 0.25) is 5.15 Å². The summed E-state index contributed by atoms with van der Waals surface area (Å²) in [4.78, 5) is 19.7. The lowest BCUT2D eigenvalue weighted by atomic mass is 10.0. The van der Waals surface area contributed by atoms with E-state index in [1.165, 1.54) is 6.33 Å². The van der Waals surface area contributed by atoms with Crippen LogP contribution < -0.4 is 10.6 Å². The molecule has 0 bridgehead atoms. The van der Waals surface area contributed by atoms with E-state index in [4.69, 9.17) is 11.6 Å². The minimum Gasteiger partial charge on any atom is -0.368 e. The maximum absolute atomic E-state index is 11.4. The zero-order valence-corrected chi connectivity index (χ0v) is 12.3. The molecule has 0 saturated carbocycles. The third-order valence-corrected chi connectivity index (χ3v) is 3.40. The second kappa shape index (κ2) is 7.24. The zero-order valence-electron chi connectivity index (χ0n) is 11.6. The van der Waals surface area contributed by atoms with Gasteiger partial charge in [-0.15, -0.1) is 0 Å². The maximum Gasteiger partial charge on any atom is 0.158 e. The molecular weight excluding hydrogens is 276 g/mol. The summed E-state index contributed by atoms with van der Waals surface area (Å²) in [6.07, 6.45) is 7.56. The van der Waals surface area contributed by atoms with E-state index in [-0.39, 0.29) is 5.78 Å². The fourth-order valence-corrected chi connectivity index (χ4v) is 2.22. The van der Waals surface area contributed by atoms with Gasteiger partial charge in [0, 0.05) is 24.7 Å². The third-order valence-electron chi connectivity index (χ3n) is 3.11. The largest absolute Gasteiger partial charge is 0.368 e. The Bertz CT molecular complexity index is 516. The number of allylic oxidation sites excluding steroid dienone is 2. The summed E-state index contributed by atoms with van der Waals surface area (Å²) in [5.74, 6) is 0.824. The molecule has 0 unspecified atom stereocenters. The quantitative estimate of drug-likeness (QED) is 0.622. The van der Waals surface area contributed by atoms with E-state index < -0.39 is 0 Å². The van der Waals surface area contributed by atoms with Crippen LogP contribution in [0.25, 0.3) is 0 Å². The van der Waals surface area contributed by atoms with Crippen LogP contribution in [0.3, 0.4) is 0 Å². The fraction of sp³-hybridized carbons (Fsp3) is 0.500. The molecule has 1 aromatic rings. The number of nitrogens with one attached hydrogen (secondary N) is 2.